The summed E-state index contributed by atoms with van der Waals surface area (Å²) in [5, 5.41) is 3.49. The van der Waals surface area contributed by atoms with Crippen LogP contribution in [-0.4, -0.2) is 56.4 Å². The summed E-state index contributed by atoms with van der Waals surface area (Å²) in [7, 11) is 3.43. The number of hydrogen-bond donors (Lipinski definition) is 1. The Morgan fingerprint density at radius 2 is 2.29 bits per heavy atom. The first-order chi connectivity index (χ1) is 10.3. The number of rotatable bonds is 8. The van der Waals surface area contributed by atoms with Gasteiger partial charge < -0.3 is 14.8 Å². The molecule has 118 valence electrons. The van der Waals surface area contributed by atoms with Gasteiger partial charge in [-0.2, -0.15) is 0 Å². The smallest absolute Gasteiger partial charge is 0.217 e. The normalized spacial score (nSPS) is 19.6. The number of ether oxygens (including phenoxy) is 2. The summed E-state index contributed by atoms with van der Waals surface area (Å²) in [4.78, 5) is 6.84. The van der Waals surface area contributed by atoms with Crippen LogP contribution in [0, 0.1) is 0 Å². The molecule has 1 aliphatic heterocycles. The predicted molar refractivity (Wildman–Crippen MR) is 83.6 cm³/mol. The Morgan fingerprint density at radius 3 is 3.10 bits per heavy atom. The summed E-state index contributed by atoms with van der Waals surface area (Å²) in [5.74, 6) is 0.745. The van der Waals surface area contributed by atoms with Crippen molar-refractivity contribution in [3.8, 4) is 5.88 Å². The Balaban J connectivity index is 1.91. The Bertz CT molecular complexity index is 414. The van der Waals surface area contributed by atoms with Crippen molar-refractivity contribution in [2.75, 3.05) is 40.5 Å². The highest BCUT2D eigenvalue weighted by molar-refractivity contribution is 5.25. The van der Waals surface area contributed by atoms with E-state index in [9.17, 15) is 0 Å². The van der Waals surface area contributed by atoms with E-state index in [-0.39, 0.29) is 0 Å². The van der Waals surface area contributed by atoms with Crippen LogP contribution < -0.4 is 10.1 Å². The van der Waals surface area contributed by atoms with Crippen molar-refractivity contribution in [2.24, 2.45) is 0 Å². The molecular weight excluding hydrogens is 266 g/mol. The van der Waals surface area contributed by atoms with Gasteiger partial charge in [-0.25, -0.2) is 4.98 Å². The summed E-state index contributed by atoms with van der Waals surface area (Å²) in [6, 6.07) is 4.67. The monoisotopic (exact) mass is 293 g/mol. The lowest BCUT2D eigenvalue weighted by atomic mass is 10.0. The first-order valence-electron chi connectivity index (χ1n) is 7.76. The molecule has 1 N–H and O–H groups in total. The highest BCUT2D eigenvalue weighted by Crippen LogP contribution is 2.22. The number of nitrogens with zero attached hydrogens (tertiary/aromatic N) is 2. The quantitative estimate of drug-likeness (QED) is 0.739. The number of methoxy groups -OCH3 is 2. The molecule has 0 radical (unpaired) electrons. The predicted octanol–water partition coefficient (Wildman–Crippen LogP) is 1.68. The molecule has 0 spiro atoms. The summed E-state index contributed by atoms with van der Waals surface area (Å²) >= 11 is 0. The van der Waals surface area contributed by atoms with Gasteiger partial charge in [0.2, 0.25) is 5.88 Å². The molecule has 5 heteroatoms. The maximum atomic E-state index is 5.37. The van der Waals surface area contributed by atoms with Crippen molar-refractivity contribution < 1.29 is 9.47 Å². The van der Waals surface area contributed by atoms with Crippen LogP contribution in [0.5, 0.6) is 5.88 Å². The van der Waals surface area contributed by atoms with Crippen LogP contribution in [0.4, 0.5) is 0 Å². The van der Waals surface area contributed by atoms with Crippen LogP contribution in [0.3, 0.4) is 0 Å². The van der Waals surface area contributed by atoms with E-state index in [0.717, 1.165) is 38.7 Å². The highest BCUT2D eigenvalue weighted by atomic mass is 16.5. The zero-order valence-corrected chi connectivity index (χ0v) is 13.2. The molecule has 5 nitrogen and oxygen atoms in total. The summed E-state index contributed by atoms with van der Waals surface area (Å²) in [6.45, 7) is 4.76. The Hall–Kier alpha value is -1.17. The Kier molecular flexibility index (Phi) is 6.92. The van der Waals surface area contributed by atoms with Crippen molar-refractivity contribution in [3.05, 3.63) is 23.9 Å². The first-order valence-corrected chi connectivity index (χ1v) is 7.76. The summed E-state index contributed by atoms with van der Waals surface area (Å²) in [6.07, 6.45) is 5.62. The molecule has 21 heavy (non-hydrogen) atoms. The van der Waals surface area contributed by atoms with Crippen LogP contribution in [0.25, 0.3) is 0 Å². The molecule has 1 fully saturated rings. The van der Waals surface area contributed by atoms with Gasteiger partial charge >= 0.3 is 0 Å². The molecular formula is C16H27N3O2. The van der Waals surface area contributed by atoms with Crippen LogP contribution in [-0.2, 0) is 11.3 Å². The lowest BCUT2D eigenvalue weighted by Gasteiger charge is -2.36. The van der Waals surface area contributed by atoms with Crippen LogP contribution in [0.15, 0.2) is 18.3 Å². The van der Waals surface area contributed by atoms with Gasteiger partial charge in [-0.15, -0.1) is 0 Å². The molecule has 1 aromatic heterocycles. The average molecular weight is 293 g/mol. The third-order valence-corrected chi connectivity index (χ3v) is 4.03. The van der Waals surface area contributed by atoms with Crippen LogP contribution in [0.1, 0.15) is 24.8 Å². The third kappa shape index (κ3) is 4.95. The number of aromatic nitrogens is 1. The van der Waals surface area contributed by atoms with Crippen molar-refractivity contribution in [3.63, 3.8) is 0 Å². The molecule has 0 aromatic carbocycles. The zero-order chi connectivity index (χ0) is 14.9. The largest absolute Gasteiger partial charge is 0.481 e. The van der Waals surface area contributed by atoms with E-state index in [1.165, 1.54) is 24.8 Å². The third-order valence-electron chi connectivity index (χ3n) is 4.03. The molecule has 0 amide bonds. The molecule has 0 aliphatic carbocycles. The molecule has 0 saturated carbocycles. The van der Waals surface area contributed by atoms with Gasteiger partial charge in [0.25, 0.3) is 0 Å². The Morgan fingerprint density at radius 1 is 1.38 bits per heavy atom. The zero-order valence-electron chi connectivity index (χ0n) is 13.2. The van der Waals surface area contributed by atoms with Gasteiger partial charge in [0.15, 0.2) is 0 Å². The van der Waals surface area contributed by atoms with Gasteiger partial charge in [0.1, 0.15) is 0 Å². The summed E-state index contributed by atoms with van der Waals surface area (Å²) < 4.78 is 10.4. The molecule has 1 atom stereocenters. The van der Waals surface area contributed by atoms with Gasteiger partial charge in [-0.3, -0.25) is 4.90 Å². The van der Waals surface area contributed by atoms with E-state index >= 15 is 0 Å². The average Bonchev–Trinajstić information content (AvgIpc) is 2.53. The fourth-order valence-electron chi connectivity index (χ4n) is 2.89. The SMILES string of the molecule is COCCNCC1CCCCN1Cc1cccnc1OC. The van der Waals surface area contributed by atoms with Gasteiger partial charge in [0, 0.05) is 44.5 Å². The van der Waals surface area contributed by atoms with Gasteiger partial charge in [-0.1, -0.05) is 12.5 Å². The van der Waals surface area contributed by atoms with Crippen LogP contribution in [0.2, 0.25) is 0 Å². The maximum Gasteiger partial charge on any atom is 0.217 e. The van der Waals surface area contributed by atoms with E-state index in [2.05, 4.69) is 21.3 Å². The lowest BCUT2D eigenvalue weighted by molar-refractivity contribution is 0.131. The van der Waals surface area contributed by atoms with E-state index in [4.69, 9.17) is 9.47 Å². The van der Waals surface area contributed by atoms with E-state index in [1.54, 1.807) is 20.4 Å². The number of hydrogen-bond acceptors (Lipinski definition) is 5. The Labute approximate surface area is 127 Å². The number of piperidine rings is 1. The first kappa shape index (κ1) is 16.2. The standard InChI is InChI=1S/C16H27N3O2/c1-20-11-9-17-12-15-7-3-4-10-19(15)13-14-6-5-8-18-16(14)21-2/h5-6,8,15,17H,3-4,7,9-13H2,1-2H3. The molecule has 0 bridgehead atoms. The van der Waals surface area contributed by atoms with Crippen molar-refractivity contribution >= 4 is 0 Å². The highest BCUT2D eigenvalue weighted by Gasteiger charge is 2.23. The topological polar surface area (TPSA) is 46.6 Å². The minimum Gasteiger partial charge on any atom is -0.481 e. The number of likely N-dealkylation sites (tertiary alicyclic amines) is 1. The molecule has 2 rings (SSSR count). The van der Waals surface area contributed by atoms with Crippen molar-refractivity contribution in [1.82, 2.24) is 15.2 Å². The summed E-state index contributed by atoms with van der Waals surface area (Å²) in [5.41, 5.74) is 1.17. The number of nitrogens with one attached hydrogen (secondary N) is 1. The number of pyridine rings is 1. The lowest BCUT2D eigenvalue weighted by Crippen LogP contribution is -2.45. The molecule has 1 unspecified atom stereocenters. The van der Waals surface area contributed by atoms with Crippen LogP contribution >= 0.6 is 0 Å². The van der Waals surface area contributed by atoms with E-state index in [1.807, 2.05) is 6.07 Å². The minimum atomic E-state index is 0.584. The van der Waals surface area contributed by atoms with Gasteiger partial charge in [-0.05, 0) is 25.5 Å². The van der Waals surface area contributed by atoms with E-state index in [0.29, 0.717) is 6.04 Å². The minimum absolute atomic E-state index is 0.584. The van der Waals surface area contributed by atoms with Crippen molar-refractivity contribution in [2.45, 2.75) is 31.8 Å². The molecule has 1 saturated heterocycles. The second kappa shape index (κ2) is 8.97. The van der Waals surface area contributed by atoms with E-state index < -0.39 is 0 Å². The fraction of sp³-hybridized carbons (Fsp3) is 0.688. The molecule has 1 aliphatic rings. The maximum absolute atomic E-state index is 5.37. The van der Waals surface area contributed by atoms with Crippen molar-refractivity contribution in [1.29, 1.82) is 0 Å². The molecule has 1 aromatic rings. The second-order valence-corrected chi connectivity index (χ2v) is 5.49. The second-order valence-electron chi connectivity index (χ2n) is 5.49. The fourth-order valence-corrected chi connectivity index (χ4v) is 2.89. The van der Waals surface area contributed by atoms with Gasteiger partial charge in [0.05, 0.1) is 13.7 Å². The molecule has 2 heterocycles.